The molecule has 0 aromatic rings. The molecule has 156 valence electrons. The molecule has 0 amide bonds. The SMILES string of the molecule is CN=C(NCC(C(C)C)N1CCC(C)CC1)N1CCOC(C2CCCO2)C1. The first-order valence-electron chi connectivity index (χ1n) is 11.0. The van der Waals surface area contributed by atoms with Crippen molar-refractivity contribution >= 4 is 5.96 Å². The van der Waals surface area contributed by atoms with Gasteiger partial charge < -0.3 is 19.7 Å². The largest absolute Gasteiger partial charge is 0.375 e. The molecular weight excluding hydrogens is 340 g/mol. The Morgan fingerprint density at radius 2 is 1.81 bits per heavy atom. The Labute approximate surface area is 165 Å². The molecule has 0 aromatic carbocycles. The molecule has 0 aliphatic carbocycles. The van der Waals surface area contributed by atoms with Crippen LogP contribution in [0.15, 0.2) is 4.99 Å². The standard InChI is InChI=1S/C21H40N4O2/c1-16(2)18(24-9-7-17(3)8-10-24)14-23-21(22-4)25-11-13-27-20(15-25)19-6-5-12-26-19/h16-20H,5-15H2,1-4H3,(H,22,23). The topological polar surface area (TPSA) is 49.3 Å². The molecule has 0 spiro atoms. The number of aliphatic imine (C=N–C) groups is 1. The van der Waals surface area contributed by atoms with Gasteiger partial charge in [0.2, 0.25) is 0 Å². The van der Waals surface area contributed by atoms with Crippen molar-refractivity contribution in [2.75, 3.05) is 53.0 Å². The van der Waals surface area contributed by atoms with E-state index < -0.39 is 0 Å². The number of hydrogen-bond donors (Lipinski definition) is 1. The summed E-state index contributed by atoms with van der Waals surface area (Å²) in [5, 5.41) is 3.68. The van der Waals surface area contributed by atoms with Crippen LogP contribution in [-0.2, 0) is 9.47 Å². The van der Waals surface area contributed by atoms with Gasteiger partial charge in [0.05, 0.1) is 12.7 Å². The molecule has 0 aromatic heterocycles. The predicted octanol–water partition coefficient (Wildman–Crippen LogP) is 2.20. The lowest BCUT2D eigenvalue weighted by Gasteiger charge is -2.40. The van der Waals surface area contributed by atoms with Crippen LogP contribution in [0.4, 0.5) is 0 Å². The lowest BCUT2D eigenvalue weighted by molar-refractivity contribution is -0.0817. The summed E-state index contributed by atoms with van der Waals surface area (Å²) < 4.78 is 11.9. The summed E-state index contributed by atoms with van der Waals surface area (Å²) in [5.41, 5.74) is 0. The van der Waals surface area contributed by atoms with Gasteiger partial charge in [-0.1, -0.05) is 20.8 Å². The summed E-state index contributed by atoms with van der Waals surface area (Å²) >= 11 is 0. The van der Waals surface area contributed by atoms with Crippen molar-refractivity contribution in [1.29, 1.82) is 0 Å². The van der Waals surface area contributed by atoms with Crippen LogP contribution in [0.25, 0.3) is 0 Å². The zero-order valence-electron chi connectivity index (χ0n) is 17.8. The number of guanidine groups is 1. The van der Waals surface area contributed by atoms with E-state index in [1.807, 2.05) is 7.05 Å². The molecule has 3 aliphatic heterocycles. The monoisotopic (exact) mass is 380 g/mol. The molecule has 3 atom stereocenters. The molecule has 1 N–H and O–H groups in total. The van der Waals surface area contributed by atoms with E-state index >= 15 is 0 Å². The molecule has 3 fully saturated rings. The minimum Gasteiger partial charge on any atom is -0.375 e. The van der Waals surface area contributed by atoms with Crippen molar-refractivity contribution < 1.29 is 9.47 Å². The Kier molecular flexibility index (Phi) is 7.79. The minimum atomic E-state index is 0.171. The quantitative estimate of drug-likeness (QED) is 0.585. The number of morpholine rings is 1. The fourth-order valence-electron chi connectivity index (χ4n) is 4.66. The van der Waals surface area contributed by atoms with Crippen LogP contribution in [0.3, 0.4) is 0 Å². The predicted molar refractivity (Wildman–Crippen MR) is 110 cm³/mol. The molecular formula is C21H40N4O2. The average molecular weight is 381 g/mol. The van der Waals surface area contributed by atoms with Gasteiger partial charge in [-0.25, -0.2) is 0 Å². The van der Waals surface area contributed by atoms with Crippen LogP contribution in [0.2, 0.25) is 0 Å². The number of piperidine rings is 1. The average Bonchev–Trinajstić information content (AvgIpc) is 3.21. The highest BCUT2D eigenvalue weighted by Crippen LogP contribution is 2.22. The van der Waals surface area contributed by atoms with Gasteiger partial charge in [-0.2, -0.15) is 0 Å². The second kappa shape index (κ2) is 10.1. The molecule has 3 rings (SSSR count). The maximum absolute atomic E-state index is 6.00. The Bertz CT molecular complexity index is 471. The van der Waals surface area contributed by atoms with Crippen LogP contribution in [-0.4, -0.2) is 87.0 Å². The van der Waals surface area contributed by atoms with E-state index in [0.717, 1.165) is 57.6 Å². The van der Waals surface area contributed by atoms with E-state index in [-0.39, 0.29) is 12.2 Å². The van der Waals surface area contributed by atoms with E-state index in [1.165, 1.54) is 25.9 Å². The fraction of sp³-hybridized carbons (Fsp3) is 0.952. The Balaban J connectivity index is 1.53. The van der Waals surface area contributed by atoms with Crippen LogP contribution in [0.5, 0.6) is 0 Å². The number of nitrogens with one attached hydrogen (secondary N) is 1. The van der Waals surface area contributed by atoms with E-state index in [1.54, 1.807) is 0 Å². The van der Waals surface area contributed by atoms with Crippen molar-refractivity contribution in [1.82, 2.24) is 15.1 Å². The van der Waals surface area contributed by atoms with Gasteiger partial charge in [0.15, 0.2) is 5.96 Å². The van der Waals surface area contributed by atoms with E-state index in [0.29, 0.717) is 12.0 Å². The van der Waals surface area contributed by atoms with Crippen LogP contribution in [0, 0.1) is 11.8 Å². The van der Waals surface area contributed by atoms with Gasteiger partial charge in [0.1, 0.15) is 6.10 Å². The summed E-state index contributed by atoms with van der Waals surface area (Å²) in [7, 11) is 1.89. The minimum absolute atomic E-state index is 0.171. The highest BCUT2D eigenvalue weighted by molar-refractivity contribution is 5.80. The van der Waals surface area contributed by atoms with Crippen molar-refractivity contribution in [2.24, 2.45) is 16.8 Å². The third-order valence-corrected chi connectivity index (χ3v) is 6.51. The fourth-order valence-corrected chi connectivity index (χ4v) is 4.66. The van der Waals surface area contributed by atoms with Crippen molar-refractivity contribution in [3.05, 3.63) is 0 Å². The summed E-state index contributed by atoms with van der Waals surface area (Å²) in [5.74, 6) is 2.52. The molecule has 27 heavy (non-hydrogen) atoms. The van der Waals surface area contributed by atoms with E-state index in [9.17, 15) is 0 Å². The molecule has 0 radical (unpaired) electrons. The maximum atomic E-state index is 6.00. The van der Waals surface area contributed by atoms with Crippen LogP contribution < -0.4 is 5.32 Å². The maximum Gasteiger partial charge on any atom is 0.193 e. The molecule has 0 saturated carbocycles. The highest BCUT2D eigenvalue weighted by Gasteiger charge is 2.33. The first-order chi connectivity index (χ1) is 13.1. The molecule has 6 heteroatoms. The van der Waals surface area contributed by atoms with Crippen LogP contribution >= 0.6 is 0 Å². The van der Waals surface area contributed by atoms with Gasteiger partial charge in [-0.05, 0) is 50.6 Å². The number of nitrogens with zero attached hydrogens (tertiary/aromatic N) is 3. The van der Waals surface area contributed by atoms with Crippen LogP contribution in [0.1, 0.15) is 46.5 Å². The summed E-state index contributed by atoms with van der Waals surface area (Å²) in [4.78, 5) is 9.61. The highest BCUT2D eigenvalue weighted by atomic mass is 16.5. The zero-order chi connectivity index (χ0) is 19.2. The zero-order valence-corrected chi connectivity index (χ0v) is 17.8. The van der Waals surface area contributed by atoms with Crippen molar-refractivity contribution in [3.8, 4) is 0 Å². The number of rotatable bonds is 5. The lowest BCUT2D eigenvalue weighted by Crippen LogP contribution is -2.56. The Morgan fingerprint density at radius 1 is 1.07 bits per heavy atom. The van der Waals surface area contributed by atoms with Gasteiger partial charge in [0, 0.05) is 39.3 Å². The van der Waals surface area contributed by atoms with Gasteiger partial charge >= 0.3 is 0 Å². The van der Waals surface area contributed by atoms with E-state index in [2.05, 4.69) is 40.9 Å². The summed E-state index contributed by atoms with van der Waals surface area (Å²) in [6.07, 6.45) is 5.35. The second-order valence-electron chi connectivity index (χ2n) is 8.86. The van der Waals surface area contributed by atoms with Crippen molar-refractivity contribution in [3.63, 3.8) is 0 Å². The van der Waals surface area contributed by atoms with Gasteiger partial charge in [-0.15, -0.1) is 0 Å². The Hall–Kier alpha value is -0.850. The number of likely N-dealkylation sites (tertiary alicyclic amines) is 1. The number of ether oxygens (including phenoxy) is 2. The molecule has 3 heterocycles. The lowest BCUT2D eigenvalue weighted by atomic mass is 9.94. The van der Waals surface area contributed by atoms with Gasteiger partial charge in [0.25, 0.3) is 0 Å². The van der Waals surface area contributed by atoms with E-state index in [4.69, 9.17) is 9.47 Å². The third-order valence-electron chi connectivity index (χ3n) is 6.51. The first kappa shape index (κ1) is 20.9. The second-order valence-corrected chi connectivity index (χ2v) is 8.86. The molecule has 6 nitrogen and oxygen atoms in total. The number of hydrogen-bond acceptors (Lipinski definition) is 4. The van der Waals surface area contributed by atoms with Crippen molar-refractivity contribution in [2.45, 2.75) is 64.7 Å². The molecule has 3 unspecified atom stereocenters. The smallest absolute Gasteiger partial charge is 0.193 e. The normalized spacial score (nSPS) is 30.1. The molecule has 0 bridgehead atoms. The Morgan fingerprint density at radius 3 is 2.44 bits per heavy atom. The first-order valence-corrected chi connectivity index (χ1v) is 11.0. The third kappa shape index (κ3) is 5.58. The summed E-state index contributed by atoms with van der Waals surface area (Å²) in [6, 6.07) is 0.559. The molecule has 3 aliphatic rings. The summed E-state index contributed by atoms with van der Waals surface area (Å²) in [6.45, 7) is 13.9. The molecule has 3 saturated heterocycles. The van der Waals surface area contributed by atoms with Gasteiger partial charge in [-0.3, -0.25) is 9.89 Å².